The third-order valence-electron chi connectivity index (χ3n) is 3.13. The van der Waals surface area contributed by atoms with Crippen molar-refractivity contribution in [2.45, 2.75) is 13.0 Å². The lowest BCUT2D eigenvalue weighted by atomic mass is 10.1. The smallest absolute Gasteiger partial charge is 0.337 e. The Hall–Kier alpha value is -1.88. The van der Waals surface area contributed by atoms with Gasteiger partial charge in [-0.15, -0.1) is 11.3 Å². The number of carbonyl (C=O) groups is 1. The first-order chi connectivity index (χ1) is 8.74. The number of hydrogen-bond acceptors (Lipinski definition) is 4. The van der Waals surface area contributed by atoms with Gasteiger partial charge in [-0.2, -0.15) is 0 Å². The summed E-state index contributed by atoms with van der Waals surface area (Å²) in [6.07, 6.45) is 2.45. The minimum Gasteiger partial charge on any atom is -0.478 e. The maximum absolute atomic E-state index is 10.8. The van der Waals surface area contributed by atoms with Crippen molar-refractivity contribution in [3.63, 3.8) is 0 Å². The average Bonchev–Trinajstić information content (AvgIpc) is 2.86. The Morgan fingerprint density at radius 2 is 2.28 bits per heavy atom. The molecule has 4 nitrogen and oxygen atoms in total. The van der Waals surface area contributed by atoms with E-state index < -0.39 is 5.97 Å². The highest BCUT2D eigenvalue weighted by Gasteiger charge is 2.18. The predicted octanol–water partition coefficient (Wildman–Crippen LogP) is 2.40. The van der Waals surface area contributed by atoms with Crippen molar-refractivity contribution in [2.24, 2.45) is 0 Å². The number of hydrogen-bond donors (Lipinski definition) is 1. The molecule has 2 aromatic rings. The Morgan fingerprint density at radius 1 is 1.39 bits per heavy atom. The fourth-order valence-electron chi connectivity index (χ4n) is 2.14. The minimum atomic E-state index is -0.937. The van der Waals surface area contributed by atoms with Crippen LogP contribution in [0.1, 0.15) is 20.8 Å². The zero-order valence-electron chi connectivity index (χ0n) is 9.67. The van der Waals surface area contributed by atoms with E-state index in [4.69, 9.17) is 5.11 Å². The lowest BCUT2D eigenvalue weighted by Crippen LogP contribution is -2.30. The van der Waals surface area contributed by atoms with Crippen molar-refractivity contribution in [1.82, 2.24) is 4.98 Å². The number of anilines is 1. The van der Waals surface area contributed by atoms with E-state index in [1.54, 1.807) is 23.5 Å². The summed E-state index contributed by atoms with van der Waals surface area (Å²) in [6, 6.07) is 5.53. The maximum atomic E-state index is 10.8. The van der Waals surface area contributed by atoms with Crippen molar-refractivity contribution in [3.8, 4) is 0 Å². The van der Waals surface area contributed by atoms with Crippen molar-refractivity contribution >= 4 is 23.1 Å². The van der Waals surface area contributed by atoms with Crippen LogP contribution in [-0.4, -0.2) is 22.6 Å². The van der Waals surface area contributed by atoms with Crippen molar-refractivity contribution in [1.29, 1.82) is 0 Å². The van der Waals surface area contributed by atoms with Crippen LogP contribution in [0.3, 0.4) is 0 Å². The molecule has 0 amide bonds. The highest BCUT2D eigenvalue weighted by Crippen LogP contribution is 2.26. The van der Waals surface area contributed by atoms with E-state index in [2.05, 4.69) is 21.3 Å². The number of nitrogens with zero attached hydrogens (tertiary/aromatic N) is 2. The van der Waals surface area contributed by atoms with Gasteiger partial charge in [0.2, 0.25) is 0 Å². The van der Waals surface area contributed by atoms with Gasteiger partial charge >= 0.3 is 5.97 Å². The molecular formula is C13H12N2O2S. The summed E-state index contributed by atoms with van der Waals surface area (Å²) < 4.78 is 0. The second kappa shape index (κ2) is 4.42. The fourth-order valence-corrected chi connectivity index (χ4v) is 3.03. The number of pyridine rings is 1. The first-order valence-electron chi connectivity index (χ1n) is 5.73. The van der Waals surface area contributed by atoms with Gasteiger partial charge in [0.05, 0.1) is 5.56 Å². The van der Waals surface area contributed by atoms with Crippen LogP contribution in [0.5, 0.6) is 0 Å². The van der Waals surface area contributed by atoms with Gasteiger partial charge in [0.1, 0.15) is 5.82 Å². The molecule has 0 unspecified atom stereocenters. The standard InChI is InChI=1S/C13H12N2O2S/c16-13(17)9-1-2-12(14-7-9)15-5-3-11-10(8-15)4-6-18-11/h1-2,4,6-7H,3,5,8H2,(H,16,17). The molecule has 0 atom stereocenters. The highest BCUT2D eigenvalue weighted by molar-refractivity contribution is 7.10. The summed E-state index contributed by atoms with van der Waals surface area (Å²) >= 11 is 1.80. The van der Waals surface area contributed by atoms with Crippen LogP contribution in [0.25, 0.3) is 0 Å². The largest absolute Gasteiger partial charge is 0.478 e. The molecule has 3 heterocycles. The monoisotopic (exact) mass is 260 g/mol. The minimum absolute atomic E-state index is 0.229. The third kappa shape index (κ3) is 1.97. The lowest BCUT2D eigenvalue weighted by molar-refractivity contribution is 0.0696. The van der Waals surface area contributed by atoms with Gasteiger partial charge in [-0.25, -0.2) is 9.78 Å². The molecule has 0 saturated heterocycles. The Morgan fingerprint density at radius 3 is 3.00 bits per heavy atom. The summed E-state index contributed by atoms with van der Waals surface area (Å²) in [7, 11) is 0. The zero-order valence-corrected chi connectivity index (χ0v) is 10.5. The number of aromatic carboxylic acids is 1. The van der Waals surface area contributed by atoms with Crippen LogP contribution in [0.4, 0.5) is 5.82 Å². The van der Waals surface area contributed by atoms with Crippen LogP contribution in [0.15, 0.2) is 29.8 Å². The van der Waals surface area contributed by atoms with E-state index in [0.717, 1.165) is 25.3 Å². The van der Waals surface area contributed by atoms with Gasteiger partial charge in [-0.05, 0) is 35.6 Å². The van der Waals surface area contributed by atoms with E-state index >= 15 is 0 Å². The Balaban J connectivity index is 1.82. The van der Waals surface area contributed by atoms with Gasteiger partial charge in [0.25, 0.3) is 0 Å². The van der Waals surface area contributed by atoms with E-state index in [1.807, 2.05) is 0 Å². The summed E-state index contributed by atoms with van der Waals surface area (Å²) in [5.41, 5.74) is 1.59. The van der Waals surface area contributed by atoms with E-state index in [1.165, 1.54) is 16.6 Å². The van der Waals surface area contributed by atoms with Crippen LogP contribution < -0.4 is 4.90 Å². The first kappa shape index (κ1) is 11.2. The molecule has 1 aliphatic heterocycles. The van der Waals surface area contributed by atoms with E-state index in [9.17, 15) is 4.79 Å². The third-order valence-corrected chi connectivity index (χ3v) is 4.15. The molecule has 5 heteroatoms. The maximum Gasteiger partial charge on any atom is 0.337 e. The SMILES string of the molecule is O=C(O)c1ccc(N2CCc3sccc3C2)nc1. The van der Waals surface area contributed by atoms with Crippen LogP contribution in [-0.2, 0) is 13.0 Å². The number of fused-ring (bicyclic) bond motifs is 1. The van der Waals surface area contributed by atoms with Crippen molar-refractivity contribution in [3.05, 3.63) is 45.8 Å². The summed E-state index contributed by atoms with van der Waals surface area (Å²) in [5, 5.41) is 11.0. The molecule has 1 aliphatic rings. The highest BCUT2D eigenvalue weighted by atomic mass is 32.1. The van der Waals surface area contributed by atoms with Gasteiger partial charge in [0.15, 0.2) is 0 Å². The van der Waals surface area contributed by atoms with Gasteiger partial charge in [-0.1, -0.05) is 0 Å². The fraction of sp³-hybridized carbons (Fsp3) is 0.231. The van der Waals surface area contributed by atoms with Crippen molar-refractivity contribution in [2.75, 3.05) is 11.4 Å². The predicted molar refractivity (Wildman–Crippen MR) is 70.3 cm³/mol. The molecule has 92 valence electrons. The quantitative estimate of drug-likeness (QED) is 0.901. The Labute approximate surface area is 109 Å². The van der Waals surface area contributed by atoms with Gasteiger partial charge in [0, 0.05) is 24.2 Å². The molecule has 3 rings (SSSR count). The topological polar surface area (TPSA) is 53.4 Å². The van der Waals surface area contributed by atoms with E-state index in [0.29, 0.717) is 0 Å². The molecule has 2 aromatic heterocycles. The molecule has 0 aliphatic carbocycles. The number of carboxylic acid groups (broad SMARTS) is 1. The van der Waals surface area contributed by atoms with E-state index in [-0.39, 0.29) is 5.56 Å². The van der Waals surface area contributed by atoms with Crippen LogP contribution in [0, 0.1) is 0 Å². The molecule has 0 fully saturated rings. The summed E-state index contributed by atoms with van der Waals surface area (Å²) in [4.78, 5) is 18.6. The van der Waals surface area contributed by atoms with Crippen LogP contribution in [0.2, 0.25) is 0 Å². The number of thiophene rings is 1. The average molecular weight is 260 g/mol. The number of aromatic nitrogens is 1. The molecule has 0 spiro atoms. The summed E-state index contributed by atoms with van der Waals surface area (Å²) in [6.45, 7) is 1.80. The number of rotatable bonds is 2. The molecular weight excluding hydrogens is 248 g/mol. The van der Waals surface area contributed by atoms with Gasteiger partial charge < -0.3 is 10.0 Å². The lowest BCUT2D eigenvalue weighted by Gasteiger charge is -2.27. The number of carboxylic acids is 1. The molecule has 0 bridgehead atoms. The Bertz CT molecular complexity index is 577. The second-order valence-electron chi connectivity index (χ2n) is 4.25. The summed E-state index contributed by atoms with van der Waals surface area (Å²) in [5.74, 6) is -0.0929. The van der Waals surface area contributed by atoms with Gasteiger partial charge in [-0.3, -0.25) is 0 Å². The molecule has 0 saturated carbocycles. The normalized spacial score (nSPS) is 14.3. The zero-order chi connectivity index (χ0) is 12.5. The molecule has 1 N–H and O–H groups in total. The molecule has 0 radical (unpaired) electrons. The van der Waals surface area contributed by atoms with Crippen molar-refractivity contribution < 1.29 is 9.90 Å². The first-order valence-corrected chi connectivity index (χ1v) is 6.61. The molecule has 0 aromatic carbocycles. The van der Waals surface area contributed by atoms with Crippen LogP contribution >= 0.6 is 11.3 Å². The molecule has 18 heavy (non-hydrogen) atoms. The second-order valence-corrected chi connectivity index (χ2v) is 5.25. The Kier molecular flexibility index (Phi) is 2.76.